The van der Waals surface area contributed by atoms with E-state index in [1.807, 2.05) is 0 Å². The molecule has 0 aliphatic heterocycles. The molecule has 0 saturated heterocycles. The summed E-state index contributed by atoms with van der Waals surface area (Å²) in [5.41, 5.74) is 0.590. The number of nitrogens with one attached hydrogen (secondary N) is 2. The lowest BCUT2D eigenvalue weighted by atomic mass is 10.1. The number of rotatable bonds is 7. The number of carbonyl (C=O) groups excluding carboxylic acids is 1. The summed E-state index contributed by atoms with van der Waals surface area (Å²) in [6.07, 6.45) is 1.03. The second-order valence-electron chi connectivity index (χ2n) is 6.08. The molecule has 0 fully saturated rings. The predicted molar refractivity (Wildman–Crippen MR) is 110 cm³/mol. The first kappa shape index (κ1) is 21.0. The first-order valence-electron chi connectivity index (χ1n) is 8.55. The van der Waals surface area contributed by atoms with Crippen molar-refractivity contribution in [3.05, 3.63) is 92.6 Å². The second kappa shape index (κ2) is 9.67. The zero-order valence-corrected chi connectivity index (χ0v) is 16.6. The number of aromatic nitrogens is 2. The number of anilines is 1. The van der Waals surface area contributed by atoms with E-state index < -0.39 is 17.2 Å². The van der Waals surface area contributed by atoms with E-state index >= 15 is 0 Å². The van der Waals surface area contributed by atoms with Crippen molar-refractivity contribution in [1.29, 1.82) is 0 Å². The number of aromatic amines is 1. The molecule has 0 spiro atoms. The third kappa shape index (κ3) is 5.65. The maximum atomic E-state index is 13.9. The predicted octanol–water partition coefficient (Wildman–Crippen LogP) is 4.16. The van der Waals surface area contributed by atoms with Crippen molar-refractivity contribution in [2.75, 3.05) is 11.1 Å². The first-order chi connectivity index (χ1) is 13.9. The molecule has 9 heteroatoms. The second-order valence-corrected chi connectivity index (χ2v) is 7.50. The van der Waals surface area contributed by atoms with Crippen molar-refractivity contribution in [3.63, 3.8) is 0 Å². The molecule has 1 heterocycles. The summed E-state index contributed by atoms with van der Waals surface area (Å²) in [6, 6.07) is 10.3. The molecule has 0 radical (unpaired) electrons. The van der Waals surface area contributed by atoms with Gasteiger partial charge in [-0.25, -0.2) is 13.8 Å². The molecule has 0 aliphatic rings. The Hall–Kier alpha value is -2.71. The minimum Gasteiger partial charge on any atom is -0.325 e. The average Bonchev–Trinajstić information content (AvgIpc) is 2.68. The molecular formula is C20H16ClF2N3O2S. The summed E-state index contributed by atoms with van der Waals surface area (Å²) in [4.78, 5) is 30.8. The Bertz CT molecular complexity index is 1050. The van der Waals surface area contributed by atoms with E-state index in [9.17, 15) is 18.4 Å². The molecule has 0 aliphatic carbocycles. The Kier molecular flexibility index (Phi) is 7.00. The maximum Gasteiger partial charge on any atom is 0.254 e. The molecule has 2 aromatic carbocycles. The summed E-state index contributed by atoms with van der Waals surface area (Å²) in [5.74, 6) is -1.40. The standard InChI is InChI=1S/C20H16ClF2N3O2S/c21-12-4-6-13(7-5-12)26-19(27)10-29-9-15-18(24-11-25-20(15)28)8-14-16(22)2-1-3-17(14)23/h1-7,11H,8-10H2,(H,26,27)(H,24,25,28). The van der Waals surface area contributed by atoms with Crippen LogP contribution in [0, 0.1) is 11.6 Å². The van der Waals surface area contributed by atoms with Gasteiger partial charge in [0.05, 0.1) is 17.8 Å². The van der Waals surface area contributed by atoms with E-state index in [1.54, 1.807) is 24.3 Å². The highest BCUT2D eigenvalue weighted by Gasteiger charge is 2.15. The topological polar surface area (TPSA) is 74.8 Å². The lowest BCUT2D eigenvalue weighted by Crippen LogP contribution is -2.18. The lowest BCUT2D eigenvalue weighted by Gasteiger charge is -2.09. The molecule has 0 saturated carbocycles. The highest BCUT2D eigenvalue weighted by atomic mass is 35.5. The largest absolute Gasteiger partial charge is 0.325 e. The van der Waals surface area contributed by atoms with Crippen molar-refractivity contribution in [2.24, 2.45) is 0 Å². The van der Waals surface area contributed by atoms with Gasteiger partial charge >= 0.3 is 0 Å². The van der Waals surface area contributed by atoms with Crippen LogP contribution in [0.3, 0.4) is 0 Å². The van der Waals surface area contributed by atoms with Gasteiger partial charge in [0.25, 0.3) is 5.56 Å². The fourth-order valence-electron chi connectivity index (χ4n) is 2.61. The summed E-state index contributed by atoms with van der Waals surface area (Å²) in [5, 5.41) is 3.28. The smallest absolute Gasteiger partial charge is 0.254 e. The highest BCUT2D eigenvalue weighted by molar-refractivity contribution is 7.99. The molecule has 0 atom stereocenters. The number of hydrogen-bond donors (Lipinski definition) is 2. The van der Waals surface area contributed by atoms with Crippen LogP contribution in [0.5, 0.6) is 0 Å². The van der Waals surface area contributed by atoms with Gasteiger partial charge in [-0.3, -0.25) is 9.59 Å². The molecule has 0 unspecified atom stereocenters. The monoisotopic (exact) mass is 435 g/mol. The van der Waals surface area contributed by atoms with Crippen molar-refractivity contribution < 1.29 is 13.6 Å². The van der Waals surface area contributed by atoms with Gasteiger partial charge in [-0.05, 0) is 36.4 Å². The Morgan fingerprint density at radius 1 is 1.10 bits per heavy atom. The van der Waals surface area contributed by atoms with Gasteiger partial charge in [0.15, 0.2) is 0 Å². The van der Waals surface area contributed by atoms with E-state index in [2.05, 4.69) is 15.3 Å². The summed E-state index contributed by atoms with van der Waals surface area (Å²) >= 11 is 7.00. The number of thioether (sulfide) groups is 1. The van der Waals surface area contributed by atoms with Crippen LogP contribution in [0.2, 0.25) is 5.02 Å². The van der Waals surface area contributed by atoms with Gasteiger partial charge in [-0.15, -0.1) is 11.8 Å². The van der Waals surface area contributed by atoms with Crippen LogP contribution in [0.25, 0.3) is 0 Å². The van der Waals surface area contributed by atoms with Gasteiger partial charge < -0.3 is 10.3 Å². The normalized spacial score (nSPS) is 10.7. The number of benzene rings is 2. The van der Waals surface area contributed by atoms with Crippen molar-refractivity contribution in [1.82, 2.24) is 9.97 Å². The molecular weight excluding hydrogens is 420 g/mol. The molecule has 5 nitrogen and oxygen atoms in total. The van der Waals surface area contributed by atoms with Crippen molar-refractivity contribution in [2.45, 2.75) is 12.2 Å². The molecule has 3 aromatic rings. The minimum absolute atomic E-state index is 0.0878. The quantitative estimate of drug-likeness (QED) is 0.584. The van der Waals surface area contributed by atoms with Crippen LogP contribution in [-0.4, -0.2) is 21.6 Å². The Labute approximate surface area is 174 Å². The van der Waals surface area contributed by atoms with Crippen LogP contribution >= 0.6 is 23.4 Å². The van der Waals surface area contributed by atoms with Gasteiger partial charge in [0, 0.05) is 34.0 Å². The zero-order chi connectivity index (χ0) is 20.8. The van der Waals surface area contributed by atoms with E-state index in [0.717, 1.165) is 12.1 Å². The van der Waals surface area contributed by atoms with E-state index in [4.69, 9.17) is 11.6 Å². The average molecular weight is 436 g/mol. The molecule has 3 rings (SSSR count). The highest BCUT2D eigenvalue weighted by Crippen LogP contribution is 2.19. The number of hydrogen-bond acceptors (Lipinski definition) is 4. The lowest BCUT2D eigenvalue weighted by molar-refractivity contribution is -0.113. The van der Waals surface area contributed by atoms with E-state index in [1.165, 1.54) is 24.2 Å². The summed E-state index contributed by atoms with van der Waals surface area (Å²) in [6.45, 7) is 0. The molecule has 150 valence electrons. The van der Waals surface area contributed by atoms with Crippen LogP contribution in [0.1, 0.15) is 16.8 Å². The Balaban J connectivity index is 1.66. The third-order valence-corrected chi connectivity index (χ3v) is 5.26. The third-order valence-electron chi connectivity index (χ3n) is 4.05. The molecule has 2 N–H and O–H groups in total. The Morgan fingerprint density at radius 3 is 2.48 bits per heavy atom. The minimum atomic E-state index is -0.701. The molecule has 29 heavy (non-hydrogen) atoms. The first-order valence-corrected chi connectivity index (χ1v) is 10.1. The van der Waals surface area contributed by atoms with Crippen molar-refractivity contribution >= 4 is 35.0 Å². The number of amides is 1. The van der Waals surface area contributed by atoms with Crippen LogP contribution in [0.4, 0.5) is 14.5 Å². The van der Waals surface area contributed by atoms with Crippen LogP contribution < -0.4 is 10.9 Å². The summed E-state index contributed by atoms with van der Waals surface area (Å²) < 4.78 is 27.9. The number of H-pyrrole nitrogens is 1. The van der Waals surface area contributed by atoms with Gasteiger partial charge in [-0.2, -0.15) is 0 Å². The fourth-order valence-corrected chi connectivity index (χ4v) is 3.60. The van der Waals surface area contributed by atoms with Crippen LogP contribution in [0.15, 0.2) is 53.6 Å². The van der Waals surface area contributed by atoms with Gasteiger partial charge in [-0.1, -0.05) is 17.7 Å². The van der Waals surface area contributed by atoms with E-state index in [-0.39, 0.29) is 40.7 Å². The fraction of sp³-hybridized carbons (Fsp3) is 0.150. The molecule has 0 bridgehead atoms. The zero-order valence-electron chi connectivity index (χ0n) is 15.0. The Morgan fingerprint density at radius 2 is 1.79 bits per heavy atom. The van der Waals surface area contributed by atoms with Crippen LogP contribution in [-0.2, 0) is 17.0 Å². The number of halogens is 3. The SMILES string of the molecule is O=C(CSCc1c(Cc2c(F)cccc2F)nc[nH]c1=O)Nc1ccc(Cl)cc1. The van der Waals surface area contributed by atoms with E-state index in [0.29, 0.717) is 10.7 Å². The number of carbonyl (C=O) groups is 1. The number of nitrogens with zero attached hydrogens (tertiary/aromatic N) is 1. The molecule has 1 amide bonds. The summed E-state index contributed by atoms with van der Waals surface area (Å²) in [7, 11) is 0. The van der Waals surface area contributed by atoms with Crippen molar-refractivity contribution in [3.8, 4) is 0 Å². The molecule has 1 aromatic heterocycles. The van der Waals surface area contributed by atoms with Gasteiger partial charge in [0.1, 0.15) is 11.6 Å². The maximum absolute atomic E-state index is 13.9. The van der Waals surface area contributed by atoms with Gasteiger partial charge in [0.2, 0.25) is 5.91 Å².